The molecule has 0 saturated carbocycles. The first-order valence-electron chi connectivity index (χ1n) is 14.4. The zero-order valence-corrected chi connectivity index (χ0v) is 25.9. The van der Waals surface area contributed by atoms with E-state index in [1.807, 2.05) is 23.2 Å². The number of nitrogens with zero attached hydrogens (tertiary/aromatic N) is 2. The van der Waals surface area contributed by atoms with Crippen LogP contribution in [0.2, 0.25) is 0 Å². The lowest BCUT2D eigenvalue weighted by molar-refractivity contribution is -0.138. The van der Waals surface area contributed by atoms with Crippen molar-refractivity contribution in [2.45, 2.75) is 32.2 Å². The van der Waals surface area contributed by atoms with E-state index in [1.54, 1.807) is 13.0 Å². The van der Waals surface area contributed by atoms with Crippen LogP contribution in [-0.2, 0) is 14.3 Å². The molecule has 0 unspecified atom stereocenters. The van der Waals surface area contributed by atoms with Gasteiger partial charge in [-0.15, -0.1) is 24.8 Å². The maximum absolute atomic E-state index is 13.3. The van der Waals surface area contributed by atoms with Crippen LogP contribution in [0, 0.1) is 5.92 Å². The van der Waals surface area contributed by atoms with Gasteiger partial charge in [0.1, 0.15) is 0 Å². The summed E-state index contributed by atoms with van der Waals surface area (Å²) in [5.74, 6) is 0.503. The normalized spacial score (nSPS) is 18.6. The molecule has 1 N–H and O–H groups in total. The van der Waals surface area contributed by atoms with Crippen LogP contribution in [0.15, 0.2) is 96.7 Å². The van der Waals surface area contributed by atoms with Gasteiger partial charge in [-0.1, -0.05) is 78.9 Å². The first kappa shape index (κ1) is 33.2. The van der Waals surface area contributed by atoms with Crippen LogP contribution >= 0.6 is 24.8 Å². The third kappa shape index (κ3) is 7.94. The summed E-state index contributed by atoms with van der Waals surface area (Å²) in [5, 5.41) is 6.33. The third-order valence-corrected chi connectivity index (χ3v) is 8.13. The maximum Gasteiger partial charge on any atom is 0.337 e. The molecule has 3 aromatic rings. The lowest BCUT2D eigenvalue weighted by atomic mass is 9.88. The lowest BCUT2D eigenvalue weighted by Gasteiger charge is -2.24. The van der Waals surface area contributed by atoms with E-state index < -0.39 is 0 Å². The number of rotatable bonds is 10. The highest BCUT2D eigenvalue weighted by Crippen LogP contribution is 2.33. The zero-order chi connectivity index (χ0) is 27.9. The molecule has 2 aliphatic heterocycles. The number of hydrogen-bond acceptors (Lipinski definition) is 5. The highest BCUT2D eigenvalue weighted by atomic mass is 35.5. The molecule has 1 saturated heterocycles. The summed E-state index contributed by atoms with van der Waals surface area (Å²) < 4.78 is 5.07. The number of ether oxygens (including phenoxy) is 1. The van der Waals surface area contributed by atoms with E-state index in [4.69, 9.17) is 4.74 Å². The quantitative estimate of drug-likeness (QED) is 0.274. The van der Waals surface area contributed by atoms with E-state index in [2.05, 4.69) is 83.9 Å². The molecule has 3 atom stereocenters. The minimum Gasteiger partial charge on any atom is -0.462 e. The van der Waals surface area contributed by atoms with Gasteiger partial charge in [0.2, 0.25) is 5.91 Å². The second-order valence-electron chi connectivity index (χ2n) is 10.7. The van der Waals surface area contributed by atoms with Gasteiger partial charge >= 0.3 is 5.97 Å². The molecule has 0 spiro atoms. The van der Waals surface area contributed by atoms with Crippen molar-refractivity contribution < 1.29 is 14.3 Å². The second kappa shape index (κ2) is 15.8. The molecule has 224 valence electrons. The molecule has 1 amide bonds. The number of hydrogen-bond donors (Lipinski definition) is 1. The topological polar surface area (TPSA) is 61.9 Å². The number of halogens is 2. The molecule has 3 aromatic carbocycles. The Hall–Kier alpha value is -3.32. The SMILES string of the molecule is CCOC(=O)C1=CCN(CCC(=O)N2C[C@H](CN[C@H](C)c3cccc4ccccc34)[C@@H](c3ccccc3)C2)C=C1.Cl.Cl. The number of nitrogens with one attached hydrogen (secondary N) is 1. The van der Waals surface area contributed by atoms with Crippen molar-refractivity contribution >= 4 is 47.5 Å². The van der Waals surface area contributed by atoms with Crippen LogP contribution in [0.4, 0.5) is 0 Å². The van der Waals surface area contributed by atoms with Gasteiger partial charge < -0.3 is 19.9 Å². The van der Waals surface area contributed by atoms with Crippen LogP contribution < -0.4 is 5.32 Å². The Bertz CT molecular complexity index is 1390. The number of fused-ring (bicyclic) bond motifs is 1. The van der Waals surface area contributed by atoms with Crippen molar-refractivity contribution in [1.29, 1.82) is 0 Å². The third-order valence-electron chi connectivity index (χ3n) is 8.13. The first-order valence-corrected chi connectivity index (χ1v) is 14.4. The smallest absolute Gasteiger partial charge is 0.337 e. The summed E-state index contributed by atoms with van der Waals surface area (Å²) in [4.78, 5) is 29.4. The molecule has 0 bridgehead atoms. The zero-order valence-electron chi connectivity index (χ0n) is 24.3. The second-order valence-corrected chi connectivity index (χ2v) is 10.7. The number of carbonyl (C=O) groups excluding carboxylic acids is 2. The highest BCUT2D eigenvalue weighted by Gasteiger charge is 2.36. The van der Waals surface area contributed by atoms with Crippen molar-refractivity contribution in [2.75, 3.05) is 39.3 Å². The number of likely N-dealkylation sites (tertiary alicyclic amines) is 1. The summed E-state index contributed by atoms with van der Waals surface area (Å²) in [6.45, 7) is 7.93. The summed E-state index contributed by atoms with van der Waals surface area (Å²) >= 11 is 0. The first-order chi connectivity index (χ1) is 19.5. The summed E-state index contributed by atoms with van der Waals surface area (Å²) in [6, 6.07) is 25.8. The molecule has 0 radical (unpaired) electrons. The largest absolute Gasteiger partial charge is 0.462 e. The maximum atomic E-state index is 13.3. The minimum absolute atomic E-state index is 0. The van der Waals surface area contributed by atoms with Crippen molar-refractivity contribution in [3.05, 3.63) is 108 Å². The van der Waals surface area contributed by atoms with Gasteiger partial charge in [-0.05, 0) is 47.7 Å². The van der Waals surface area contributed by atoms with E-state index in [0.717, 1.165) is 19.6 Å². The van der Waals surface area contributed by atoms with Crippen molar-refractivity contribution in [3.8, 4) is 0 Å². The van der Waals surface area contributed by atoms with E-state index in [-0.39, 0.29) is 42.7 Å². The van der Waals surface area contributed by atoms with E-state index in [0.29, 0.717) is 43.5 Å². The van der Waals surface area contributed by atoms with Gasteiger partial charge in [0.15, 0.2) is 0 Å². The summed E-state index contributed by atoms with van der Waals surface area (Å²) in [7, 11) is 0. The van der Waals surface area contributed by atoms with Crippen molar-refractivity contribution in [2.24, 2.45) is 5.92 Å². The summed E-state index contributed by atoms with van der Waals surface area (Å²) in [6.07, 6.45) is 5.97. The fourth-order valence-corrected chi connectivity index (χ4v) is 5.88. The number of carbonyl (C=O) groups is 2. The van der Waals surface area contributed by atoms with Crippen LogP contribution in [0.25, 0.3) is 10.8 Å². The van der Waals surface area contributed by atoms with Gasteiger partial charge in [0, 0.05) is 57.3 Å². The van der Waals surface area contributed by atoms with Crippen LogP contribution in [0.5, 0.6) is 0 Å². The molecule has 2 aliphatic rings. The van der Waals surface area contributed by atoms with Gasteiger partial charge in [-0.2, -0.15) is 0 Å². The van der Waals surface area contributed by atoms with Gasteiger partial charge in [-0.25, -0.2) is 4.79 Å². The molecule has 2 heterocycles. The lowest BCUT2D eigenvalue weighted by Crippen LogP contribution is -2.34. The Labute approximate surface area is 261 Å². The average Bonchev–Trinajstić information content (AvgIpc) is 3.43. The van der Waals surface area contributed by atoms with E-state index in [9.17, 15) is 9.59 Å². The van der Waals surface area contributed by atoms with Crippen molar-refractivity contribution in [3.63, 3.8) is 0 Å². The minimum atomic E-state index is -0.298. The van der Waals surface area contributed by atoms with E-state index in [1.165, 1.54) is 21.9 Å². The van der Waals surface area contributed by atoms with Gasteiger partial charge in [0.25, 0.3) is 0 Å². The number of esters is 1. The standard InChI is InChI=1S/C34H39N3O3.2ClH/c1-3-40-34(39)28-16-19-36(20-17-28)21-18-33(38)37-23-29(32(24-37)27-10-5-4-6-11-27)22-35-25(2)30-15-9-13-26-12-7-8-14-31(26)30;;/h4-17,19,25,29,32,35H,3,18,20-24H2,1-2H3;2*1H/t25-,29+,32-;;/m1../s1. The molecular weight excluding hydrogens is 569 g/mol. The van der Waals surface area contributed by atoms with Gasteiger partial charge in [-0.3, -0.25) is 4.79 Å². The Morgan fingerprint density at radius 2 is 1.71 bits per heavy atom. The molecule has 42 heavy (non-hydrogen) atoms. The molecule has 8 heteroatoms. The number of amides is 1. The van der Waals surface area contributed by atoms with Crippen LogP contribution in [0.1, 0.15) is 43.4 Å². The molecule has 0 aliphatic carbocycles. The predicted molar refractivity (Wildman–Crippen MR) is 174 cm³/mol. The monoisotopic (exact) mass is 609 g/mol. The van der Waals surface area contributed by atoms with Crippen molar-refractivity contribution in [1.82, 2.24) is 15.1 Å². The predicted octanol–water partition coefficient (Wildman–Crippen LogP) is 6.29. The van der Waals surface area contributed by atoms with Crippen LogP contribution in [0.3, 0.4) is 0 Å². The molecule has 1 fully saturated rings. The number of benzene rings is 3. The Morgan fingerprint density at radius 1 is 0.976 bits per heavy atom. The molecular formula is C34H41Cl2N3O3. The highest BCUT2D eigenvalue weighted by molar-refractivity contribution is 5.91. The fourth-order valence-electron chi connectivity index (χ4n) is 5.88. The molecule has 6 nitrogen and oxygen atoms in total. The van der Waals surface area contributed by atoms with Gasteiger partial charge in [0.05, 0.1) is 12.2 Å². The summed E-state index contributed by atoms with van der Waals surface area (Å²) in [5.41, 5.74) is 3.16. The molecule has 0 aromatic heterocycles. The molecule has 5 rings (SSSR count). The Balaban J connectivity index is 0.00000242. The fraction of sp³-hybridized carbons (Fsp3) is 0.353. The van der Waals surface area contributed by atoms with E-state index >= 15 is 0 Å². The van der Waals surface area contributed by atoms with Crippen LogP contribution in [-0.4, -0.2) is 61.0 Å². The Morgan fingerprint density at radius 3 is 2.45 bits per heavy atom. The Kier molecular flexibility index (Phi) is 12.5. The average molecular weight is 611 g/mol.